The summed E-state index contributed by atoms with van der Waals surface area (Å²) in [6.45, 7) is 9.73. The van der Waals surface area contributed by atoms with Crippen LogP contribution in [0.25, 0.3) is 0 Å². The molecule has 2 saturated carbocycles. The summed E-state index contributed by atoms with van der Waals surface area (Å²) in [4.78, 5) is 0. The Morgan fingerprint density at radius 2 is 1.57 bits per heavy atom. The van der Waals surface area contributed by atoms with E-state index < -0.39 is 0 Å². The molecule has 8 unspecified atom stereocenters. The van der Waals surface area contributed by atoms with Gasteiger partial charge in [-0.2, -0.15) is 0 Å². The Morgan fingerprint density at radius 1 is 0.952 bits per heavy atom. The summed E-state index contributed by atoms with van der Waals surface area (Å²) in [7, 11) is 0. The predicted molar refractivity (Wildman–Crippen MR) is 81.7 cm³/mol. The Hall–Kier alpha value is -0.160. The fourth-order valence-electron chi connectivity index (χ4n) is 4.14. The predicted octanol–water partition coefficient (Wildman–Crippen LogP) is 2.28. The van der Waals surface area contributed by atoms with Crippen molar-refractivity contribution in [2.24, 2.45) is 35.5 Å². The lowest BCUT2D eigenvalue weighted by Crippen LogP contribution is -2.29. The molecule has 2 fully saturated rings. The molecule has 8 atom stereocenters. The van der Waals surface area contributed by atoms with Crippen LogP contribution in [0.5, 0.6) is 0 Å². The first kappa shape index (κ1) is 17.2. The summed E-state index contributed by atoms with van der Waals surface area (Å²) in [5.41, 5.74) is 0. The van der Waals surface area contributed by atoms with Crippen molar-refractivity contribution >= 4 is 0 Å². The molecule has 4 heteroatoms. The van der Waals surface area contributed by atoms with Crippen molar-refractivity contribution in [1.82, 2.24) is 0 Å². The highest BCUT2D eigenvalue weighted by Gasteiger charge is 2.39. The number of aliphatic hydroxyl groups is 2. The van der Waals surface area contributed by atoms with Crippen molar-refractivity contribution in [3.05, 3.63) is 0 Å². The first-order valence-electron chi connectivity index (χ1n) is 8.44. The molecule has 21 heavy (non-hydrogen) atoms. The van der Waals surface area contributed by atoms with E-state index in [1.165, 1.54) is 0 Å². The third-order valence-corrected chi connectivity index (χ3v) is 6.06. The van der Waals surface area contributed by atoms with Gasteiger partial charge in [0.25, 0.3) is 0 Å². The Balaban J connectivity index is 1.70. The highest BCUT2D eigenvalue weighted by Crippen LogP contribution is 2.38. The zero-order chi connectivity index (χ0) is 15.6. The maximum Gasteiger partial charge on any atom is 0.147 e. The van der Waals surface area contributed by atoms with E-state index in [0.29, 0.717) is 30.3 Å². The summed E-state index contributed by atoms with van der Waals surface area (Å²) in [6.07, 6.45) is 1.89. The van der Waals surface area contributed by atoms with E-state index in [4.69, 9.17) is 9.47 Å². The molecule has 2 aliphatic carbocycles. The van der Waals surface area contributed by atoms with Gasteiger partial charge in [0.05, 0.1) is 18.8 Å². The largest absolute Gasteiger partial charge is 0.396 e. The van der Waals surface area contributed by atoms with Crippen LogP contribution in [0.15, 0.2) is 0 Å². The highest BCUT2D eigenvalue weighted by atomic mass is 16.7. The average Bonchev–Trinajstić information content (AvgIpc) is 2.88. The van der Waals surface area contributed by atoms with Crippen LogP contribution in [0.4, 0.5) is 0 Å². The monoisotopic (exact) mass is 300 g/mol. The van der Waals surface area contributed by atoms with Crippen LogP contribution < -0.4 is 0 Å². The quantitative estimate of drug-likeness (QED) is 0.584. The molecule has 2 N–H and O–H groups in total. The summed E-state index contributed by atoms with van der Waals surface area (Å²) >= 11 is 0. The molecule has 0 aromatic carbocycles. The molecule has 2 aliphatic rings. The third kappa shape index (κ3) is 3.79. The fourth-order valence-corrected chi connectivity index (χ4v) is 4.14. The first-order chi connectivity index (χ1) is 9.95. The molecule has 0 aromatic rings. The van der Waals surface area contributed by atoms with Gasteiger partial charge in [0.1, 0.15) is 6.79 Å². The van der Waals surface area contributed by atoms with Crippen LogP contribution in [0, 0.1) is 35.5 Å². The van der Waals surface area contributed by atoms with Crippen LogP contribution in [0.1, 0.15) is 40.5 Å². The standard InChI is InChI=1S/C17H32O4/c1-10-6-15(16(19)12(10)3)8-20-9-21-17-13(4)11(2)5-14(17)7-18/h10-19H,5-9H2,1-4H3. The SMILES string of the molecule is CC1CC(COCOC2C(CO)CC(C)C2C)C(O)C1C. The molecule has 0 heterocycles. The molecule has 0 bridgehead atoms. The molecule has 4 nitrogen and oxygen atoms in total. The second-order valence-electron chi connectivity index (χ2n) is 7.46. The minimum absolute atomic E-state index is 0.0938. The van der Waals surface area contributed by atoms with Crippen molar-refractivity contribution in [2.45, 2.75) is 52.7 Å². The van der Waals surface area contributed by atoms with Crippen molar-refractivity contribution in [3.63, 3.8) is 0 Å². The van der Waals surface area contributed by atoms with Gasteiger partial charge in [-0.25, -0.2) is 0 Å². The number of aliphatic hydroxyl groups excluding tert-OH is 2. The zero-order valence-electron chi connectivity index (χ0n) is 13.9. The van der Waals surface area contributed by atoms with Gasteiger partial charge in [0, 0.05) is 18.4 Å². The van der Waals surface area contributed by atoms with E-state index in [2.05, 4.69) is 27.7 Å². The normalized spacial score (nSPS) is 47.1. The molecule has 2 rings (SSSR count). The van der Waals surface area contributed by atoms with Crippen LogP contribution in [0.3, 0.4) is 0 Å². The van der Waals surface area contributed by atoms with Gasteiger partial charge < -0.3 is 19.7 Å². The smallest absolute Gasteiger partial charge is 0.147 e. The highest BCUT2D eigenvalue weighted by molar-refractivity contribution is 4.88. The maximum atomic E-state index is 10.1. The van der Waals surface area contributed by atoms with Crippen molar-refractivity contribution in [3.8, 4) is 0 Å². The minimum atomic E-state index is -0.254. The molecular weight excluding hydrogens is 268 g/mol. The Kier molecular flexibility index (Phi) is 6.06. The summed E-state index contributed by atoms with van der Waals surface area (Å²) in [5, 5.41) is 19.6. The van der Waals surface area contributed by atoms with Crippen LogP contribution in [-0.2, 0) is 9.47 Å². The summed E-state index contributed by atoms with van der Waals surface area (Å²) in [5.74, 6) is 2.43. The van der Waals surface area contributed by atoms with Crippen molar-refractivity contribution < 1.29 is 19.7 Å². The molecule has 124 valence electrons. The van der Waals surface area contributed by atoms with E-state index in [0.717, 1.165) is 12.8 Å². The van der Waals surface area contributed by atoms with Gasteiger partial charge in [0.15, 0.2) is 0 Å². The van der Waals surface area contributed by atoms with E-state index >= 15 is 0 Å². The molecule has 0 amide bonds. The van der Waals surface area contributed by atoms with E-state index in [9.17, 15) is 10.2 Å². The molecule has 0 aromatic heterocycles. The minimum Gasteiger partial charge on any atom is -0.396 e. The van der Waals surface area contributed by atoms with Gasteiger partial charge in [-0.05, 0) is 36.5 Å². The third-order valence-electron chi connectivity index (χ3n) is 6.06. The number of rotatable bonds is 6. The number of hydrogen-bond donors (Lipinski definition) is 2. The summed E-state index contributed by atoms with van der Waals surface area (Å²) in [6, 6.07) is 0. The number of hydrogen-bond acceptors (Lipinski definition) is 4. The van der Waals surface area contributed by atoms with E-state index in [-0.39, 0.29) is 37.4 Å². The van der Waals surface area contributed by atoms with Crippen LogP contribution in [0.2, 0.25) is 0 Å². The Labute approximate surface area is 128 Å². The summed E-state index contributed by atoms with van der Waals surface area (Å²) < 4.78 is 11.5. The van der Waals surface area contributed by atoms with Crippen LogP contribution >= 0.6 is 0 Å². The van der Waals surface area contributed by atoms with Gasteiger partial charge in [-0.1, -0.05) is 27.7 Å². The van der Waals surface area contributed by atoms with E-state index in [1.54, 1.807) is 0 Å². The van der Waals surface area contributed by atoms with Gasteiger partial charge in [-0.3, -0.25) is 0 Å². The van der Waals surface area contributed by atoms with Gasteiger partial charge in [0.2, 0.25) is 0 Å². The topological polar surface area (TPSA) is 58.9 Å². The molecular formula is C17H32O4. The second-order valence-corrected chi connectivity index (χ2v) is 7.46. The van der Waals surface area contributed by atoms with Crippen LogP contribution in [-0.4, -0.2) is 42.4 Å². The Morgan fingerprint density at radius 3 is 2.14 bits per heavy atom. The lowest BCUT2D eigenvalue weighted by Gasteiger charge is -2.23. The Bertz CT molecular complexity index is 322. The fraction of sp³-hybridized carbons (Fsp3) is 1.00. The van der Waals surface area contributed by atoms with Gasteiger partial charge in [-0.15, -0.1) is 0 Å². The average molecular weight is 300 g/mol. The molecule has 0 spiro atoms. The second kappa shape index (κ2) is 7.40. The molecule has 0 radical (unpaired) electrons. The van der Waals surface area contributed by atoms with E-state index in [1.807, 2.05) is 0 Å². The molecule has 0 saturated heterocycles. The lowest BCUT2D eigenvalue weighted by molar-refractivity contribution is -0.127. The first-order valence-corrected chi connectivity index (χ1v) is 8.44. The zero-order valence-corrected chi connectivity index (χ0v) is 13.9. The number of ether oxygens (including phenoxy) is 2. The lowest BCUT2D eigenvalue weighted by atomic mass is 9.99. The molecule has 0 aliphatic heterocycles. The van der Waals surface area contributed by atoms with Gasteiger partial charge >= 0.3 is 0 Å². The van der Waals surface area contributed by atoms with Crippen molar-refractivity contribution in [1.29, 1.82) is 0 Å². The van der Waals surface area contributed by atoms with Crippen molar-refractivity contribution in [2.75, 3.05) is 20.0 Å². The maximum absolute atomic E-state index is 10.1.